The van der Waals surface area contributed by atoms with Crippen LogP contribution in [0.4, 0.5) is 4.79 Å². The highest BCUT2D eigenvalue weighted by Crippen LogP contribution is 2.28. The Bertz CT molecular complexity index is 1160. The van der Waals surface area contributed by atoms with Crippen molar-refractivity contribution in [2.75, 3.05) is 18.8 Å². The van der Waals surface area contributed by atoms with E-state index in [-0.39, 0.29) is 29.8 Å². The van der Waals surface area contributed by atoms with Gasteiger partial charge >= 0.3 is 6.03 Å². The second kappa shape index (κ2) is 7.96. The van der Waals surface area contributed by atoms with Crippen molar-refractivity contribution in [3.8, 4) is 0 Å². The van der Waals surface area contributed by atoms with E-state index in [1.807, 2.05) is 32.0 Å². The first-order chi connectivity index (χ1) is 14.0. The van der Waals surface area contributed by atoms with Crippen LogP contribution < -0.4 is 10.9 Å². The second-order valence-corrected chi connectivity index (χ2v) is 8.78. The lowest BCUT2D eigenvalue weighted by Crippen LogP contribution is -2.35. The van der Waals surface area contributed by atoms with Gasteiger partial charge in [-0.25, -0.2) is 9.78 Å². The third kappa shape index (κ3) is 3.77. The molecule has 4 rings (SSSR count). The first-order valence-electron chi connectivity index (χ1n) is 9.07. The van der Waals surface area contributed by atoms with Crippen LogP contribution >= 0.6 is 23.1 Å². The monoisotopic (exact) mass is 429 g/mol. The summed E-state index contributed by atoms with van der Waals surface area (Å²) in [6, 6.07) is 5.14. The van der Waals surface area contributed by atoms with E-state index in [2.05, 4.69) is 15.3 Å². The van der Waals surface area contributed by atoms with E-state index in [0.29, 0.717) is 28.5 Å². The summed E-state index contributed by atoms with van der Waals surface area (Å²) in [5.74, 6) is -0.279. The first-order valence-corrected chi connectivity index (χ1v) is 10.9. The van der Waals surface area contributed by atoms with Crippen LogP contribution in [0.2, 0.25) is 0 Å². The van der Waals surface area contributed by atoms with Crippen molar-refractivity contribution in [1.82, 2.24) is 24.8 Å². The van der Waals surface area contributed by atoms with Crippen molar-refractivity contribution in [2.24, 2.45) is 0 Å². The van der Waals surface area contributed by atoms with Gasteiger partial charge in [0.05, 0.1) is 23.4 Å². The van der Waals surface area contributed by atoms with Crippen LogP contribution in [0, 0.1) is 13.8 Å². The molecule has 0 atom stereocenters. The van der Waals surface area contributed by atoms with Gasteiger partial charge in [0, 0.05) is 24.2 Å². The molecule has 0 saturated carbocycles. The van der Waals surface area contributed by atoms with E-state index in [4.69, 9.17) is 0 Å². The summed E-state index contributed by atoms with van der Waals surface area (Å²) in [5, 5.41) is 3.67. The number of aryl methyl sites for hydroxylation is 2. The van der Waals surface area contributed by atoms with Crippen molar-refractivity contribution in [3.63, 3.8) is 0 Å². The van der Waals surface area contributed by atoms with Crippen LogP contribution in [0.3, 0.4) is 0 Å². The third-order valence-electron chi connectivity index (χ3n) is 4.78. The van der Waals surface area contributed by atoms with E-state index < -0.39 is 0 Å². The van der Waals surface area contributed by atoms with Crippen LogP contribution in [0.5, 0.6) is 0 Å². The van der Waals surface area contributed by atoms with Gasteiger partial charge in [-0.1, -0.05) is 17.8 Å². The Labute approximate surface area is 175 Å². The highest BCUT2D eigenvalue weighted by atomic mass is 32.2. The number of thiophene rings is 1. The molecule has 150 valence electrons. The molecule has 0 aliphatic carbocycles. The number of imide groups is 1. The lowest BCUT2D eigenvalue weighted by atomic mass is 10.2. The molecule has 3 amide bonds. The van der Waals surface area contributed by atoms with Gasteiger partial charge in [-0.2, -0.15) is 0 Å². The quantitative estimate of drug-likeness (QED) is 0.493. The van der Waals surface area contributed by atoms with Crippen molar-refractivity contribution in [3.05, 3.63) is 50.9 Å². The summed E-state index contributed by atoms with van der Waals surface area (Å²) in [6.45, 7) is 4.96. The minimum Gasteiger partial charge on any atom is -0.336 e. The summed E-state index contributed by atoms with van der Waals surface area (Å²) in [7, 11) is 0. The average Bonchev–Trinajstić information content (AvgIpc) is 3.26. The number of hydrogen-bond donors (Lipinski definition) is 1. The standard InChI is InChI=1S/C19H19N5O3S2/c1-11-12(2)29-16-15(11)17(26)24(9-13-5-3-4-6-20-13)19(22-16)28-10-14(25)23-8-7-21-18(23)27/h3-6H,7-10H2,1-2H3,(H,21,27). The molecule has 1 saturated heterocycles. The molecule has 3 aromatic heterocycles. The van der Waals surface area contributed by atoms with Crippen molar-refractivity contribution in [1.29, 1.82) is 0 Å². The van der Waals surface area contributed by atoms with Crippen molar-refractivity contribution >= 4 is 45.3 Å². The molecule has 10 heteroatoms. The zero-order chi connectivity index (χ0) is 20.5. The average molecular weight is 430 g/mol. The van der Waals surface area contributed by atoms with Crippen LogP contribution in [-0.4, -0.2) is 50.2 Å². The Balaban J connectivity index is 1.71. The zero-order valence-electron chi connectivity index (χ0n) is 16.0. The Morgan fingerprint density at radius 1 is 1.31 bits per heavy atom. The SMILES string of the molecule is Cc1sc2nc(SCC(=O)N3CCNC3=O)n(Cc3ccccn3)c(=O)c2c1C. The number of carbonyl (C=O) groups is 2. The van der Waals surface area contributed by atoms with E-state index in [0.717, 1.165) is 16.1 Å². The Morgan fingerprint density at radius 2 is 2.14 bits per heavy atom. The summed E-state index contributed by atoms with van der Waals surface area (Å²) in [6.07, 6.45) is 1.68. The molecule has 0 aromatic carbocycles. The molecule has 29 heavy (non-hydrogen) atoms. The highest BCUT2D eigenvalue weighted by Gasteiger charge is 2.26. The highest BCUT2D eigenvalue weighted by molar-refractivity contribution is 7.99. The van der Waals surface area contributed by atoms with Gasteiger partial charge in [-0.05, 0) is 31.5 Å². The van der Waals surface area contributed by atoms with E-state index in [1.165, 1.54) is 28.0 Å². The maximum Gasteiger partial charge on any atom is 0.324 e. The number of fused-ring (bicyclic) bond motifs is 1. The zero-order valence-corrected chi connectivity index (χ0v) is 17.6. The molecule has 0 spiro atoms. The van der Waals surface area contributed by atoms with Gasteiger partial charge in [0.2, 0.25) is 5.91 Å². The maximum absolute atomic E-state index is 13.3. The number of nitrogens with one attached hydrogen (secondary N) is 1. The smallest absolute Gasteiger partial charge is 0.324 e. The first kappa shape index (κ1) is 19.6. The van der Waals surface area contributed by atoms with Gasteiger partial charge < -0.3 is 5.32 Å². The minimum absolute atomic E-state index is 0.0247. The van der Waals surface area contributed by atoms with Crippen molar-refractivity contribution < 1.29 is 9.59 Å². The fourth-order valence-electron chi connectivity index (χ4n) is 3.13. The lowest BCUT2D eigenvalue weighted by Gasteiger charge is -2.14. The molecule has 0 bridgehead atoms. The predicted molar refractivity (Wildman–Crippen MR) is 113 cm³/mol. The number of pyridine rings is 1. The normalized spacial score (nSPS) is 13.9. The van der Waals surface area contributed by atoms with Gasteiger partial charge in [0.15, 0.2) is 5.16 Å². The fourth-order valence-corrected chi connectivity index (χ4v) is 5.07. The molecule has 0 radical (unpaired) electrons. The predicted octanol–water partition coefficient (Wildman–Crippen LogP) is 2.16. The Morgan fingerprint density at radius 3 is 2.83 bits per heavy atom. The van der Waals surface area contributed by atoms with Crippen molar-refractivity contribution in [2.45, 2.75) is 25.5 Å². The van der Waals surface area contributed by atoms with Crippen LogP contribution in [-0.2, 0) is 11.3 Å². The van der Waals surface area contributed by atoms with Crippen LogP contribution in [0.1, 0.15) is 16.1 Å². The molecule has 3 aromatic rings. The summed E-state index contributed by atoms with van der Waals surface area (Å²) in [5.41, 5.74) is 1.52. The third-order valence-corrected chi connectivity index (χ3v) is 6.84. The molecule has 0 unspecified atom stereocenters. The number of thioether (sulfide) groups is 1. The van der Waals surface area contributed by atoms with Crippen LogP contribution in [0.25, 0.3) is 10.2 Å². The lowest BCUT2D eigenvalue weighted by molar-refractivity contribution is -0.124. The number of aromatic nitrogens is 3. The summed E-state index contributed by atoms with van der Waals surface area (Å²) < 4.78 is 1.56. The number of rotatable bonds is 5. The van der Waals surface area contributed by atoms with Gasteiger partial charge in [-0.15, -0.1) is 11.3 Å². The molecule has 8 nitrogen and oxygen atoms in total. The van der Waals surface area contributed by atoms with Gasteiger partial charge in [0.1, 0.15) is 4.83 Å². The Hall–Kier alpha value is -2.72. The topological polar surface area (TPSA) is 97.2 Å². The van der Waals surface area contributed by atoms with Gasteiger partial charge in [0.25, 0.3) is 5.56 Å². The minimum atomic E-state index is -0.380. The largest absolute Gasteiger partial charge is 0.336 e. The van der Waals surface area contributed by atoms with E-state index >= 15 is 0 Å². The number of nitrogens with zero attached hydrogens (tertiary/aromatic N) is 4. The number of urea groups is 1. The second-order valence-electron chi connectivity index (χ2n) is 6.64. The molecular formula is C19H19N5O3S2. The molecule has 1 N–H and O–H groups in total. The molecule has 4 heterocycles. The molecular weight excluding hydrogens is 410 g/mol. The summed E-state index contributed by atoms with van der Waals surface area (Å²) >= 11 is 2.64. The summed E-state index contributed by atoms with van der Waals surface area (Å²) in [4.78, 5) is 49.3. The van der Waals surface area contributed by atoms with E-state index in [9.17, 15) is 14.4 Å². The van der Waals surface area contributed by atoms with Crippen LogP contribution in [0.15, 0.2) is 34.3 Å². The van der Waals surface area contributed by atoms with Gasteiger partial charge in [-0.3, -0.25) is 24.0 Å². The molecule has 1 fully saturated rings. The Kier molecular flexibility index (Phi) is 5.37. The molecule has 1 aliphatic rings. The maximum atomic E-state index is 13.3. The fraction of sp³-hybridized carbons (Fsp3) is 0.316. The number of hydrogen-bond acceptors (Lipinski definition) is 7. The number of carbonyl (C=O) groups excluding carboxylic acids is 2. The molecule has 1 aliphatic heterocycles. The van der Waals surface area contributed by atoms with E-state index in [1.54, 1.807) is 10.8 Å². The number of amides is 3.